The molecule has 0 bridgehead atoms. The number of rotatable bonds is 11. The number of benzene rings is 3. The van der Waals surface area contributed by atoms with Crippen LogP contribution in [0, 0.1) is 22.7 Å². The van der Waals surface area contributed by atoms with E-state index >= 15 is 0 Å². The first-order valence-corrected chi connectivity index (χ1v) is 24.3. The van der Waals surface area contributed by atoms with Gasteiger partial charge in [-0.05, 0) is 129 Å². The third-order valence-corrected chi connectivity index (χ3v) is 15.9. The molecule has 15 heteroatoms. The summed E-state index contributed by atoms with van der Waals surface area (Å²) >= 11 is 6.32. The van der Waals surface area contributed by atoms with Crippen molar-refractivity contribution in [3.05, 3.63) is 111 Å². The van der Waals surface area contributed by atoms with Gasteiger partial charge in [-0.2, -0.15) is 5.26 Å². The topological polar surface area (TPSA) is 155 Å². The van der Waals surface area contributed by atoms with Crippen molar-refractivity contribution in [2.45, 2.75) is 89.3 Å². The van der Waals surface area contributed by atoms with Crippen molar-refractivity contribution in [1.82, 2.24) is 30.0 Å². The molecule has 1 N–H and O–H groups in total. The smallest absolute Gasteiger partial charge is 0.264 e. The molecule has 6 aliphatic rings. The second-order valence-electron chi connectivity index (χ2n) is 20.1. The SMILES string of the molecule is CC(C)(c1ccc(OCc2ccnc(N3CCC(N4CCC5(CC4)CC(CN4CCN(c6cccc7c6C(=O)N(C6CCC(=O)NC6=O)C7=O)CC4)C5)CC3)n2)cc1)c1cc(Cl)cc(C#N)c1. The number of hydrogen-bond donors (Lipinski definition) is 1. The van der Waals surface area contributed by atoms with Crippen molar-refractivity contribution in [2.24, 2.45) is 11.3 Å². The second kappa shape index (κ2) is 18.3. The predicted octanol–water partition coefficient (Wildman–Crippen LogP) is 6.59. The quantitative estimate of drug-likeness (QED) is 0.162. The van der Waals surface area contributed by atoms with E-state index in [1.54, 1.807) is 12.1 Å². The van der Waals surface area contributed by atoms with Crippen molar-refractivity contribution < 1.29 is 23.9 Å². The van der Waals surface area contributed by atoms with E-state index in [-0.39, 0.29) is 24.2 Å². The van der Waals surface area contributed by atoms with E-state index in [0.717, 1.165) is 97.8 Å². The van der Waals surface area contributed by atoms with E-state index in [9.17, 15) is 24.4 Å². The maximum absolute atomic E-state index is 13.7. The van der Waals surface area contributed by atoms with Gasteiger partial charge in [0.15, 0.2) is 0 Å². The van der Waals surface area contributed by atoms with Gasteiger partial charge in [0.1, 0.15) is 18.4 Å². The summed E-state index contributed by atoms with van der Waals surface area (Å²) in [5.41, 5.74) is 5.06. The number of carbonyl (C=O) groups is 4. The Kier molecular flexibility index (Phi) is 12.3. The van der Waals surface area contributed by atoms with E-state index < -0.39 is 23.8 Å². The van der Waals surface area contributed by atoms with Gasteiger partial charge in [-0.3, -0.25) is 34.3 Å². The molecule has 1 atom stereocenters. The standard InChI is InChI=1S/C52H58ClN9O5/c1-51(2,37-26-34(31-54)27-38(53)28-37)36-6-8-41(9-7-36)67-33-39-12-17-55-50(56-39)61-18-13-40(14-19-61)59-20-15-52(16-21-59)29-35(30-52)32-58-22-24-60(25-23-58)43-5-3-4-42-46(43)49(66)62(48(42)65)44-10-11-45(63)57-47(44)64/h3-9,12,17,26-28,35,40,44H,10-11,13-16,18-25,29-30,32-33H2,1-2H3,(H,57,63,64). The van der Waals surface area contributed by atoms with Crippen LogP contribution in [0.3, 0.4) is 0 Å². The van der Waals surface area contributed by atoms with Crippen molar-refractivity contribution in [3.63, 3.8) is 0 Å². The van der Waals surface area contributed by atoms with Crippen LogP contribution < -0.4 is 19.9 Å². The first-order valence-electron chi connectivity index (χ1n) is 23.9. The molecule has 4 saturated heterocycles. The lowest BCUT2D eigenvalue weighted by molar-refractivity contribution is -0.136. The molecule has 1 spiro atoms. The van der Waals surface area contributed by atoms with Crippen molar-refractivity contribution in [3.8, 4) is 11.8 Å². The highest BCUT2D eigenvalue weighted by Gasteiger charge is 2.48. The molecule has 1 saturated carbocycles. The van der Waals surface area contributed by atoms with Gasteiger partial charge in [0.2, 0.25) is 17.8 Å². The predicted molar refractivity (Wildman–Crippen MR) is 254 cm³/mol. The molecule has 0 radical (unpaired) electrons. The number of hydrogen-bond acceptors (Lipinski definition) is 12. The van der Waals surface area contributed by atoms with Gasteiger partial charge < -0.3 is 19.4 Å². The molecule has 14 nitrogen and oxygen atoms in total. The summed E-state index contributed by atoms with van der Waals surface area (Å²) in [6.45, 7) is 13.2. The largest absolute Gasteiger partial charge is 0.487 e. The Morgan fingerprint density at radius 3 is 2.31 bits per heavy atom. The number of nitrogens with zero attached hydrogens (tertiary/aromatic N) is 8. The number of aromatic nitrogens is 2. The zero-order valence-corrected chi connectivity index (χ0v) is 39.1. The molecule has 3 aromatic carbocycles. The molecule has 5 aliphatic heterocycles. The maximum atomic E-state index is 13.7. The number of carbonyl (C=O) groups excluding carboxylic acids is 4. The zero-order valence-electron chi connectivity index (χ0n) is 38.4. The minimum Gasteiger partial charge on any atom is -0.487 e. The summed E-state index contributed by atoms with van der Waals surface area (Å²) in [5, 5.41) is 12.3. The molecule has 1 unspecified atom stereocenters. The van der Waals surface area contributed by atoms with Crippen LogP contribution in [0.25, 0.3) is 0 Å². The zero-order chi connectivity index (χ0) is 46.5. The number of ether oxygens (including phenoxy) is 1. The minimum atomic E-state index is -0.967. The molecular formula is C52H58ClN9O5. The second-order valence-corrected chi connectivity index (χ2v) is 20.5. The van der Waals surface area contributed by atoms with Crippen molar-refractivity contribution in [1.29, 1.82) is 5.26 Å². The van der Waals surface area contributed by atoms with Crippen molar-refractivity contribution in [2.75, 3.05) is 68.7 Å². The maximum Gasteiger partial charge on any atom is 0.264 e. The number of halogens is 1. The normalized spacial score (nSPS) is 21.9. The molecule has 1 aliphatic carbocycles. The van der Waals surface area contributed by atoms with Gasteiger partial charge in [-0.1, -0.05) is 43.6 Å². The Morgan fingerprint density at radius 1 is 0.851 bits per heavy atom. The van der Waals surface area contributed by atoms with Gasteiger partial charge in [-0.15, -0.1) is 0 Å². The number of imide groups is 2. The minimum absolute atomic E-state index is 0.102. The van der Waals surface area contributed by atoms with E-state index in [1.165, 1.54) is 38.8 Å². The number of nitrogens with one attached hydrogen (secondary N) is 1. The van der Waals surface area contributed by atoms with Crippen LogP contribution in [0.15, 0.2) is 72.9 Å². The molecule has 4 aromatic rings. The van der Waals surface area contributed by atoms with Crippen LogP contribution in [0.2, 0.25) is 5.02 Å². The van der Waals surface area contributed by atoms with Crippen LogP contribution >= 0.6 is 11.6 Å². The number of fused-ring (bicyclic) bond motifs is 1. The number of nitriles is 1. The van der Waals surface area contributed by atoms with E-state index in [4.69, 9.17) is 21.3 Å². The van der Waals surface area contributed by atoms with Crippen LogP contribution in [0.5, 0.6) is 5.75 Å². The Morgan fingerprint density at radius 2 is 1.60 bits per heavy atom. The summed E-state index contributed by atoms with van der Waals surface area (Å²) in [4.78, 5) is 71.8. The third-order valence-electron chi connectivity index (χ3n) is 15.7. The monoisotopic (exact) mass is 923 g/mol. The Bertz CT molecular complexity index is 2600. The highest BCUT2D eigenvalue weighted by molar-refractivity contribution is 6.30. The Labute approximate surface area is 397 Å². The van der Waals surface area contributed by atoms with E-state index in [1.807, 2.05) is 48.7 Å². The van der Waals surface area contributed by atoms with Gasteiger partial charge in [0.25, 0.3) is 11.8 Å². The first kappa shape index (κ1) is 44.9. The number of likely N-dealkylation sites (tertiary alicyclic amines) is 1. The van der Waals surface area contributed by atoms with Crippen molar-refractivity contribution >= 4 is 46.9 Å². The molecule has 67 heavy (non-hydrogen) atoms. The summed E-state index contributed by atoms with van der Waals surface area (Å²) in [6, 6.07) is 22.7. The fraction of sp³-hybridized carbons (Fsp3) is 0.481. The Balaban J connectivity index is 0.646. The number of piperidine rings is 3. The lowest BCUT2D eigenvalue weighted by Gasteiger charge is -2.55. The van der Waals surface area contributed by atoms with E-state index in [2.05, 4.69) is 61.9 Å². The van der Waals surface area contributed by atoms with Crippen LogP contribution in [-0.2, 0) is 21.6 Å². The van der Waals surface area contributed by atoms with Crippen LogP contribution in [0.1, 0.15) is 108 Å². The highest BCUT2D eigenvalue weighted by Crippen LogP contribution is 2.53. The number of anilines is 2. The molecule has 5 fully saturated rings. The van der Waals surface area contributed by atoms with E-state index in [0.29, 0.717) is 45.7 Å². The highest BCUT2D eigenvalue weighted by atomic mass is 35.5. The average molecular weight is 925 g/mol. The summed E-state index contributed by atoms with van der Waals surface area (Å²) in [6.07, 6.45) is 9.44. The average Bonchev–Trinajstić information content (AvgIpc) is 3.59. The van der Waals surface area contributed by atoms with Gasteiger partial charge in [-0.25, -0.2) is 9.97 Å². The molecule has 1 aromatic heterocycles. The van der Waals surface area contributed by atoms with Gasteiger partial charge in [0, 0.05) is 74.9 Å². The van der Waals surface area contributed by atoms with Crippen LogP contribution in [0.4, 0.5) is 11.6 Å². The fourth-order valence-electron chi connectivity index (χ4n) is 11.7. The molecular weight excluding hydrogens is 866 g/mol. The van der Waals surface area contributed by atoms with Crippen LogP contribution in [-0.4, -0.2) is 119 Å². The van der Waals surface area contributed by atoms with Gasteiger partial charge in [0.05, 0.1) is 34.1 Å². The molecule has 348 valence electrons. The Hall–Kier alpha value is -5.88. The molecule has 4 amide bonds. The summed E-state index contributed by atoms with van der Waals surface area (Å²) < 4.78 is 6.18. The third kappa shape index (κ3) is 9.01. The lowest BCUT2D eigenvalue weighted by Crippen LogP contribution is -2.55. The number of piperazine rings is 1. The first-order chi connectivity index (χ1) is 32.4. The number of amides is 4. The van der Waals surface area contributed by atoms with Gasteiger partial charge >= 0.3 is 0 Å². The molecule has 10 rings (SSSR count). The lowest BCUT2D eigenvalue weighted by atomic mass is 9.57. The molecule has 6 heterocycles. The summed E-state index contributed by atoms with van der Waals surface area (Å²) in [5.74, 6) is 0.361. The summed E-state index contributed by atoms with van der Waals surface area (Å²) in [7, 11) is 0. The fourth-order valence-corrected chi connectivity index (χ4v) is 12.0.